The van der Waals surface area contributed by atoms with Gasteiger partial charge in [0.25, 0.3) is 0 Å². The lowest BCUT2D eigenvalue weighted by Gasteiger charge is -2.22. The molecule has 39 heavy (non-hydrogen) atoms. The van der Waals surface area contributed by atoms with Crippen molar-refractivity contribution < 1.29 is 15.0 Å². The third-order valence-electron chi connectivity index (χ3n) is 8.37. The predicted molar refractivity (Wildman–Crippen MR) is 170 cm³/mol. The average Bonchev–Trinajstić information content (AvgIpc) is 2.94. The first-order valence-corrected chi connectivity index (χ1v) is 17.7. The first kappa shape index (κ1) is 38.4. The quantitative estimate of drug-likeness (QED) is 0.0726. The largest absolute Gasteiger partial charge is 0.394 e. The van der Waals surface area contributed by atoms with Crippen molar-refractivity contribution in [2.75, 3.05) is 6.61 Å². The summed E-state index contributed by atoms with van der Waals surface area (Å²) < 4.78 is 0. The summed E-state index contributed by atoms with van der Waals surface area (Å²) in [4.78, 5) is 12.3. The highest BCUT2D eigenvalue weighted by atomic mass is 16.3. The Hall–Kier alpha value is -0.610. The molecule has 0 aromatic heterocycles. The van der Waals surface area contributed by atoms with Gasteiger partial charge in [0.05, 0.1) is 18.8 Å². The van der Waals surface area contributed by atoms with Gasteiger partial charge in [-0.2, -0.15) is 0 Å². The van der Waals surface area contributed by atoms with E-state index in [4.69, 9.17) is 0 Å². The maximum absolute atomic E-state index is 12.3. The Morgan fingerprint density at radius 2 is 0.821 bits per heavy atom. The van der Waals surface area contributed by atoms with Crippen LogP contribution in [0.25, 0.3) is 0 Å². The summed E-state index contributed by atoms with van der Waals surface area (Å²) in [5, 5.41) is 22.8. The van der Waals surface area contributed by atoms with Crippen LogP contribution in [0.3, 0.4) is 0 Å². The number of carbonyl (C=O) groups excluding carboxylic acids is 1. The van der Waals surface area contributed by atoms with Gasteiger partial charge in [-0.05, 0) is 12.8 Å². The fourth-order valence-corrected chi connectivity index (χ4v) is 5.59. The molecule has 0 rings (SSSR count). The minimum atomic E-state index is -0.649. The molecule has 0 heterocycles. The number of rotatable bonds is 32. The molecule has 2 unspecified atom stereocenters. The molecule has 0 fully saturated rings. The van der Waals surface area contributed by atoms with E-state index < -0.39 is 12.1 Å². The van der Waals surface area contributed by atoms with Crippen LogP contribution in [-0.4, -0.2) is 34.9 Å². The van der Waals surface area contributed by atoms with Crippen molar-refractivity contribution in [1.29, 1.82) is 0 Å². The first-order valence-electron chi connectivity index (χ1n) is 17.7. The third-order valence-corrected chi connectivity index (χ3v) is 8.37. The van der Waals surface area contributed by atoms with E-state index in [1.54, 1.807) is 0 Å². The van der Waals surface area contributed by atoms with Gasteiger partial charge in [-0.15, -0.1) is 0 Å². The minimum Gasteiger partial charge on any atom is -0.394 e. The topological polar surface area (TPSA) is 69.6 Å². The monoisotopic (exact) mass is 554 g/mol. The minimum absolute atomic E-state index is 0.0323. The molecule has 4 nitrogen and oxygen atoms in total. The molecule has 0 aliphatic heterocycles. The van der Waals surface area contributed by atoms with Gasteiger partial charge in [-0.1, -0.05) is 181 Å². The van der Waals surface area contributed by atoms with E-state index >= 15 is 0 Å². The molecule has 234 valence electrons. The average molecular weight is 554 g/mol. The van der Waals surface area contributed by atoms with E-state index in [1.165, 1.54) is 148 Å². The molecule has 0 aromatic rings. The van der Waals surface area contributed by atoms with Gasteiger partial charge in [-0.3, -0.25) is 4.79 Å². The van der Waals surface area contributed by atoms with E-state index in [9.17, 15) is 15.0 Å². The second kappa shape index (κ2) is 31.9. The molecule has 0 aliphatic rings. The molecular weight excluding hydrogens is 482 g/mol. The van der Waals surface area contributed by atoms with Crippen molar-refractivity contribution in [2.24, 2.45) is 0 Å². The Balaban J connectivity index is 3.43. The molecular formula is C35H71NO3. The molecule has 3 N–H and O–H groups in total. The zero-order valence-corrected chi connectivity index (χ0v) is 26.7. The van der Waals surface area contributed by atoms with Crippen LogP contribution in [0.1, 0.15) is 200 Å². The number of nitrogens with one attached hydrogen (secondary N) is 1. The number of carbonyl (C=O) groups is 1. The third kappa shape index (κ3) is 28.7. The SMILES string of the molecule is CCCCCCCCCCCCCCCCCCCCCCC(=O)NC(CO)C(O)CCCCCCCCC. The van der Waals surface area contributed by atoms with Crippen molar-refractivity contribution >= 4 is 5.91 Å². The molecule has 0 spiro atoms. The van der Waals surface area contributed by atoms with Crippen molar-refractivity contribution in [2.45, 2.75) is 212 Å². The fourth-order valence-electron chi connectivity index (χ4n) is 5.59. The molecule has 0 saturated heterocycles. The standard InChI is InChI=1S/C35H71NO3/c1-3-5-7-9-11-12-13-14-15-16-17-18-19-20-21-22-23-25-27-29-31-35(39)36-33(32-37)34(38)30-28-26-24-10-8-6-4-2/h33-34,37-38H,3-32H2,1-2H3,(H,36,39). The molecule has 4 heteroatoms. The summed E-state index contributed by atoms with van der Waals surface area (Å²) in [5.74, 6) is -0.0323. The van der Waals surface area contributed by atoms with Crippen LogP contribution in [0.15, 0.2) is 0 Å². The summed E-state index contributed by atoms with van der Waals surface area (Å²) >= 11 is 0. The number of hydrogen-bond acceptors (Lipinski definition) is 3. The van der Waals surface area contributed by atoms with E-state index in [0.29, 0.717) is 12.8 Å². The molecule has 1 amide bonds. The van der Waals surface area contributed by atoms with Crippen LogP contribution in [0.4, 0.5) is 0 Å². The summed E-state index contributed by atoms with van der Waals surface area (Å²) in [6.45, 7) is 4.32. The summed E-state index contributed by atoms with van der Waals surface area (Å²) in [7, 11) is 0. The van der Waals surface area contributed by atoms with Gasteiger partial charge in [-0.25, -0.2) is 0 Å². The van der Waals surface area contributed by atoms with Crippen LogP contribution in [0.5, 0.6) is 0 Å². The molecule has 0 aromatic carbocycles. The highest BCUT2D eigenvalue weighted by Gasteiger charge is 2.19. The molecule has 0 bridgehead atoms. The van der Waals surface area contributed by atoms with Gasteiger partial charge in [0.15, 0.2) is 0 Å². The van der Waals surface area contributed by atoms with Crippen LogP contribution in [-0.2, 0) is 4.79 Å². The normalized spacial score (nSPS) is 13.0. The number of unbranched alkanes of at least 4 members (excludes halogenated alkanes) is 25. The molecule has 2 atom stereocenters. The lowest BCUT2D eigenvalue weighted by Crippen LogP contribution is -2.45. The maximum Gasteiger partial charge on any atom is 0.220 e. The van der Waals surface area contributed by atoms with E-state index in [1.807, 2.05) is 0 Å². The summed E-state index contributed by atoms with van der Waals surface area (Å²) in [5.41, 5.74) is 0. The van der Waals surface area contributed by atoms with E-state index in [0.717, 1.165) is 25.7 Å². The highest BCUT2D eigenvalue weighted by Crippen LogP contribution is 2.15. The van der Waals surface area contributed by atoms with E-state index in [2.05, 4.69) is 19.2 Å². The number of hydrogen-bond donors (Lipinski definition) is 3. The van der Waals surface area contributed by atoms with Crippen molar-refractivity contribution in [3.63, 3.8) is 0 Å². The first-order chi connectivity index (χ1) is 19.2. The van der Waals surface area contributed by atoms with Gasteiger partial charge in [0.1, 0.15) is 0 Å². The van der Waals surface area contributed by atoms with Crippen LogP contribution >= 0.6 is 0 Å². The lowest BCUT2D eigenvalue weighted by atomic mass is 10.0. The second-order valence-corrected chi connectivity index (χ2v) is 12.3. The fraction of sp³-hybridized carbons (Fsp3) is 0.971. The zero-order chi connectivity index (χ0) is 28.7. The summed E-state index contributed by atoms with van der Waals surface area (Å²) in [6.07, 6.45) is 36.0. The molecule has 0 aliphatic carbocycles. The highest BCUT2D eigenvalue weighted by molar-refractivity contribution is 5.76. The van der Waals surface area contributed by atoms with Crippen LogP contribution < -0.4 is 5.32 Å². The van der Waals surface area contributed by atoms with Gasteiger partial charge < -0.3 is 15.5 Å². The van der Waals surface area contributed by atoms with Crippen LogP contribution in [0, 0.1) is 0 Å². The second-order valence-electron chi connectivity index (χ2n) is 12.3. The van der Waals surface area contributed by atoms with Gasteiger partial charge in [0, 0.05) is 6.42 Å². The smallest absolute Gasteiger partial charge is 0.220 e. The number of aliphatic hydroxyl groups is 2. The predicted octanol–water partition coefficient (Wildman–Crippen LogP) is 10.2. The Kier molecular flexibility index (Phi) is 31.4. The molecule has 0 saturated carbocycles. The van der Waals surface area contributed by atoms with Crippen LogP contribution in [0.2, 0.25) is 0 Å². The summed E-state index contributed by atoms with van der Waals surface area (Å²) in [6, 6.07) is -0.525. The Morgan fingerprint density at radius 3 is 1.15 bits per heavy atom. The lowest BCUT2D eigenvalue weighted by molar-refractivity contribution is -0.123. The van der Waals surface area contributed by atoms with Gasteiger partial charge >= 0.3 is 0 Å². The van der Waals surface area contributed by atoms with Gasteiger partial charge in [0.2, 0.25) is 5.91 Å². The zero-order valence-electron chi connectivity index (χ0n) is 26.7. The van der Waals surface area contributed by atoms with Crippen molar-refractivity contribution in [3.05, 3.63) is 0 Å². The Morgan fingerprint density at radius 1 is 0.513 bits per heavy atom. The number of amides is 1. The van der Waals surface area contributed by atoms with E-state index in [-0.39, 0.29) is 12.5 Å². The van der Waals surface area contributed by atoms with Crippen molar-refractivity contribution in [3.8, 4) is 0 Å². The maximum atomic E-state index is 12.3. The Labute approximate surface area is 244 Å². The number of aliphatic hydroxyl groups excluding tert-OH is 2. The Bertz CT molecular complexity index is 485. The molecule has 0 radical (unpaired) electrons. The van der Waals surface area contributed by atoms with Crippen molar-refractivity contribution in [1.82, 2.24) is 5.32 Å².